The lowest BCUT2D eigenvalue weighted by molar-refractivity contribution is -0.131. The van der Waals surface area contributed by atoms with Gasteiger partial charge >= 0.3 is 5.97 Å². The Hall–Kier alpha value is -0.830. The van der Waals surface area contributed by atoms with Crippen molar-refractivity contribution in [3.05, 3.63) is 12.2 Å². The molecule has 1 atom stereocenters. The van der Waals surface area contributed by atoms with Crippen LogP contribution in [0.5, 0.6) is 0 Å². The molecule has 1 saturated heterocycles. The molecule has 10 heavy (non-hydrogen) atoms. The highest BCUT2D eigenvalue weighted by atomic mass is 16.5. The summed E-state index contributed by atoms with van der Waals surface area (Å²) in [5, 5.41) is 8.25. The minimum atomic E-state index is -0.882. The van der Waals surface area contributed by atoms with Gasteiger partial charge in [-0.2, -0.15) is 0 Å². The van der Waals surface area contributed by atoms with Gasteiger partial charge in [0.25, 0.3) is 0 Å². The van der Waals surface area contributed by atoms with Gasteiger partial charge in [-0.15, -0.1) is 0 Å². The van der Waals surface area contributed by atoms with Gasteiger partial charge in [-0.05, 0) is 6.42 Å². The van der Waals surface area contributed by atoms with Crippen molar-refractivity contribution >= 4 is 5.97 Å². The van der Waals surface area contributed by atoms with Gasteiger partial charge < -0.3 is 9.84 Å². The Morgan fingerprint density at radius 1 is 1.70 bits per heavy atom. The summed E-state index contributed by atoms with van der Waals surface area (Å²) < 4.78 is 5.05. The number of ether oxygens (including phenoxy) is 1. The summed E-state index contributed by atoms with van der Waals surface area (Å²) in [6.07, 6.45) is 3.82. The number of hydrogen-bond acceptors (Lipinski definition) is 2. The maximum atomic E-state index is 10.0. The standard InChI is InChI=1S/C7H10O3/c8-7(9)2-1-6-3-4-10-5-6/h1-2,6H,3-5H2,(H,8,9)/b2-1-/t6-/m1/s1. The quantitative estimate of drug-likeness (QED) is 0.576. The van der Waals surface area contributed by atoms with Crippen molar-refractivity contribution in [1.82, 2.24) is 0 Å². The van der Waals surface area contributed by atoms with Crippen LogP contribution in [0.3, 0.4) is 0 Å². The van der Waals surface area contributed by atoms with Crippen molar-refractivity contribution in [1.29, 1.82) is 0 Å². The van der Waals surface area contributed by atoms with Crippen LogP contribution in [0.25, 0.3) is 0 Å². The van der Waals surface area contributed by atoms with E-state index in [-0.39, 0.29) is 0 Å². The largest absolute Gasteiger partial charge is 0.478 e. The van der Waals surface area contributed by atoms with E-state index in [4.69, 9.17) is 9.84 Å². The second-order valence-electron chi connectivity index (χ2n) is 2.32. The van der Waals surface area contributed by atoms with Crippen LogP contribution in [-0.2, 0) is 9.53 Å². The molecule has 0 amide bonds. The van der Waals surface area contributed by atoms with Gasteiger partial charge in [0, 0.05) is 18.6 Å². The summed E-state index contributed by atoms with van der Waals surface area (Å²) in [4.78, 5) is 10.0. The second kappa shape index (κ2) is 3.37. The topological polar surface area (TPSA) is 46.5 Å². The number of hydrogen-bond donors (Lipinski definition) is 1. The molecule has 0 bridgehead atoms. The minimum Gasteiger partial charge on any atom is -0.478 e. The molecule has 3 nitrogen and oxygen atoms in total. The predicted octanol–water partition coefficient (Wildman–Crippen LogP) is 0.664. The minimum absolute atomic E-state index is 0.316. The van der Waals surface area contributed by atoms with Crippen LogP contribution < -0.4 is 0 Å². The molecular weight excluding hydrogens is 132 g/mol. The van der Waals surface area contributed by atoms with E-state index in [0.717, 1.165) is 13.0 Å². The first kappa shape index (κ1) is 7.28. The lowest BCUT2D eigenvalue weighted by Crippen LogP contribution is -1.95. The molecule has 0 unspecified atom stereocenters. The molecular formula is C7H10O3. The van der Waals surface area contributed by atoms with Gasteiger partial charge in [-0.1, -0.05) is 6.08 Å². The highest BCUT2D eigenvalue weighted by Crippen LogP contribution is 2.12. The summed E-state index contributed by atoms with van der Waals surface area (Å²) in [5.41, 5.74) is 0. The second-order valence-corrected chi connectivity index (χ2v) is 2.32. The fraction of sp³-hybridized carbons (Fsp3) is 0.571. The molecule has 0 saturated carbocycles. The molecule has 1 aliphatic rings. The van der Waals surface area contributed by atoms with Crippen LogP contribution in [0.15, 0.2) is 12.2 Å². The predicted molar refractivity (Wildman–Crippen MR) is 35.7 cm³/mol. The lowest BCUT2D eigenvalue weighted by Gasteiger charge is -1.94. The van der Waals surface area contributed by atoms with Crippen molar-refractivity contribution in [2.24, 2.45) is 5.92 Å². The summed E-state index contributed by atoms with van der Waals surface area (Å²) in [7, 11) is 0. The highest BCUT2D eigenvalue weighted by molar-refractivity contribution is 5.79. The van der Waals surface area contributed by atoms with E-state index in [9.17, 15) is 4.79 Å². The van der Waals surface area contributed by atoms with E-state index in [1.54, 1.807) is 6.08 Å². The number of carbonyl (C=O) groups is 1. The number of carboxylic acids is 1. The van der Waals surface area contributed by atoms with Gasteiger partial charge in [0.05, 0.1) is 6.61 Å². The molecule has 56 valence electrons. The van der Waals surface area contributed by atoms with Crippen LogP contribution in [0.4, 0.5) is 0 Å². The Bertz CT molecular complexity index is 145. The van der Waals surface area contributed by atoms with Gasteiger partial charge in [-0.3, -0.25) is 0 Å². The molecule has 0 aromatic heterocycles. The number of aliphatic carboxylic acids is 1. The third kappa shape index (κ3) is 2.19. The van der Waals surface area contributed by atoms with E-state index in [1.807, 2.05) is 0 Å². The van der Waals surface area contributed by atoms with E-state index >= 15 is 0 Å². The normalized spacial score (nSPS) is 25.8. The maximum absolute atomic E-state index is 10.0. The summed E-state index contributed by atoms with van der Waals surface area (Å²) in [6, 6.07) is 0. The first-order valence-corrected chi connectivity index (χ1v) is 3.28. The van der Waals surface area contributed by atoms with E-state index < -0.39 is 5.97 Å². The van der Waals surface area contributed by atoms with Crippen LogP contribution in [0.1, 0.15) is 6.42 Å². The number of rotatable bonds is 2. The summed E-state index contributed by atoms with van der Waals surface area (Å²) in [6.45, 7) is 1.43. The van der Waals surface area contributed by atoms with Gasteiger partial charge in [0.1, 0.15) is 0 Å². The van der Waals surface area contributed by atoms with Gasteiger partial charge in [0.2, 0.25) is 0 Å². The van der Waals surface area contributed by atoms with Gasteiger partial charge in [0.15, 0.2) is 0 Å². The van der Waals surface area contributed by atoms with Crippen molar-refractivity contribution < 1.29 is 14.6 Å². The fourth-order valence-electron chi connectivity index (χ4n) is 0.923. The average molecular weight is 142 g/mol. The molecule has 1 rings (SSSR count). The number of carboxylic acid groups (broad SMARTS) is 1. The monoisotopic (exact) mass is 142 g/mol. The lowest BCUT2D eigenvalue weighted by atomic mass is 10.1. The first-order chi connectivity index (χ1) is 4.79. The van der Waals surface area contributed by atoms with Crippen LogP contribution in [0.2, 0.25) is 0 Å². The van der Waals surface area contributed by atoms with E-state index in [2.05, 4.69) is 0 Å². The summed E-state index contributed by atoms with van der Waals surface area (Å²) >= 11 is 0. The SMILES string of the molecule is O=C(O)/C=C\[C@@H]1CCOC1. The molecule has 0 aromatic rings. The first-order valence-electron chi connectivity index (χ1n) is 3.28. The zero-order valence-corrected chi connectivity index (χ0v) is 5.62. The third-order valence-electron chi connectivity index (χ3n) is 1.48. The zero-order chi connectivity index (χ0) is 7.40. The van der Waals surface area contributed by atoms with E-state index in [0.29, 0.717) is 12.5 Å². The smallest absolute Gasteiger partial charge is 0.327 e. The molecule has 1 N–H and O–H groups in total. The Morgan fingerprint density at radius 3 is 3.00 bits per heavy atom. The zero-order valence-electron chi connectivity index (χ0n) is 5.62. The molecule has 3 heteroatoms. The Morgan fingerprint density at radius 2 is 2.50 bits per heavy atom. The van der Waals surface area contributed by atoms with Gasteiger partial charge in [-0.25, -0.2) is 4.79 Å². The molecule has 0 radical (unpaired) electrons. The molecule has 0 spiro atoms. The average Bonchev–Trinajstić information content (AvgIpc) is 2.34. The molecule has 1 fully saturated rings. The van der Waals surface area contributed by atoms with Crippen molar-refractivity contribution in [2.45, 2.75) is 6.42 Å². The van der Waals surface area contributed by atoms with Crippen molar-refractivity contribution in [3.63, 3.8) is 0 Å². The third-order valence-corrected chi connectivity index (χ3v) is 1.48. The Labute approximate surface area is 59.3 Å². The Balaban J connectivity index is 2.29. The molecule has 1 heterocycles. The molecule has 0 aromatic carbocycles. The van der Waals surface area contributed by atoms with Crippen LogP contribution in [0, 0.1) is 5.92 Å². The molecule has 1 aliphatic heterocycles. The summed E-state index contributed by atoms with van der Waals surface area (Å²) in [5.74, 6) is -0.567. The van der Waals surface area contributed by atoms with Crippen molar-refractivity contribution in [2.75, 3.05) is 13.2 Å². The van der Waals surface area contributed by atoms with Crippen LogP contribution >= 0.6 is 0 Å². The highest BCUT2D eigenvalue weighted by Gasteiger charge is 2.11. The molecule has 0 aliphatic carbocycles. The van der Waals surface area contributed by atoms with Crippen molar-refractivity contribution in [3.8, 4) is 0 Å². The maximum Gasteiger partial charge on any atom is 0.327 e. The van der Waals surface area contributed by atoms with Crippen LogP contribution in [-0.4, -0.2) is 24.3 Å². The Kier molecular flexibility index (Phi) is 2.45. The van der Waals surface area contributed by atoms with E-state index in [1.165, 1.54) is 6.08 Å². The fourth-order valence-corrected chi connectivity index (χ4v) is 0.923.